The Hall–Kier alpha value is -1.13. The molecule has 1 rings (SSSR count). The van der Waals surface area contributed by atoms with Crippen LogP contribution in [-0.4, -0.2) is 23.2 Å². The summed E-state index contributed by atoms with van der Waals surface area (Å²) < 4.78 is 13.3. The molecule has 0 saturated heterocycles. The quantitative estimate of drug-likeness (QED) is 0.854. The molecule has 17 heavy (non-hydrogen) atoms. The molecule has 1 aromatic rings. The molecule has 2 N–H and O–H groups in total. The minimum absolute atomic E-state index is 0.329. The van der Waals surface area contributed by atoms with Crippen molar-refractivity contribution >= 4 is 17.6 Å². The molecule has 0 aliphatic heterocycles. The van der Waals surface area contributed by atoms with E-state index in [4.69, 9.17) is 16.7 Å². The number of rotatable bonds is 5. The van der Waals surface area contributed by atoms with Crippen LogP contribution in [0, 0.1) is 5.82 Å². The van der Waals surface area contributed by atoms with E-state index in [2.05, 4.69) is 5.32 Å². The summed E-state index contributed by atoms with van der Waals surface area (Å²) in [5, 5.41) is 12.2. The van der Waals surface area contributed by atoms with Gasteiger partial charge in [-0.2, -0.15) is 0 Å². The van der Waals surface area contributed by atoms with Crippen LogP contribution in [0.3, 0.4) is 0 Å². The summed E-state index contributed by atoms with van der Waals surface area (Å²) in [6.45, 7) is 3.49. The Morgan fingerprint density at radius 3 is 2.76 bits per heavy atom. The molecule has 0 aliphatic rings. The van der Waals surface area contributed by atoms with Gasteiger partial charge < -0.3 is 10.4 Å². The fourth-order valence-corrected chi connectivity index (χ4v) is 1.51. The van der Waals surface area contributed by atoms with E-state index in [1.165, 1.54) is 12.1 Å². The van der Waals surface area contributed by atoms with E-state index in [0.717, 1.165) is 0 Å². The molecule has 0 bridgehead atoms. The van der Waals surface area contributed by atoms with Gasteiger partial charge in [0.05, 0.1) is 0 Å². The lowest BCUT2D eigenvalue weighted by molar-refractivity contribution is -0.143. The highest BCUT2D eigenvalue weighted by Crippen LogP contribution is 2.15. The third kappa shape index (κ3) is 3.98. The van der Waals surface area contributed by atoms with Crippen molar-refractivity contribution in [1.82, 2.24) is 5.32 Å². The lowest BCUT2D eigenvalue weighted by atomic mass is 10.1. The maximum Gasteiger partial charge on any atom is 0.323 e. The third-order valence-corrected chi connectivity index (χ3v) is 2.74. The normalized spacial score (nSPS) is 11.5. The number of halogens is 2. The Balaban J connectivity index is 2.57. The van der Waals surface area contributed by atoms with E-state index in [-0.39, 0.29) is 5.82 Å². The van der Waals surface area contributed by atoms with Crippen molar-refractivity contribution in [3.05, 3.63) is 34.6 Å². The van der Waals surface area contributed by atoms with Crippen LogP contribution in [0.4, 0.5) is 4.39 Å². The predicted octanol–water partition coefficient (Wildman–Crippen LogP) is 2.47. The van der Waals surface area contributed by atoms with E-state index < -0.39 is 11.5 Å². The Bertz CT molecular complexity index is 421. The highest BCUT2D eigenvalue weighted by atomic mass is 35.5. The van der Waals surface area contributed by atoms with E-state index in [1.54, 1.807) is 19.9 Å². The Labute approximate surface area is 105 Å². The topological polar surface area (TPSA) is 49.3 Å². The molecular weight excluding hydrogens is 245 g/mol. The first-order valence-electron chi connectivity index (χ1n) is 5.25. The largest absolute Gasteiger partial charge is 0.480 e. The van der Waals surface area contributed by atoms with Crippen molar-refractivity contribution in [3.8, 4) is 0 Å². The molecule has 0 atom stereocenters. The Morgan fingerprint density at radius 2 is 2.18 bits per heavy atom. The van der Waals surface area contributed by atoms with Gasteiger partial charge in [0.15, 0.2) is 0 Å². The van der Waals surface area contributed by atoms with Crippen LogP contribution in [0.5, 0.6) is 0 Å². The average Bonchev–Trinajstić information content (AvgIpc) is 2.22. The van der Waals surface area contributed by atoms with Crippen LogP contribution in [0.15, 0.2) is 18.2 Å². The highest BCUT2D eigenvalue weighted by Gasteiger charge is 2.25. The zero-order valence-electron chi connectivity index (χ0n) is 9.76. The van der Waals surface area contributed by atoms with E-state index in [0.29, 0.717) is 23.6 Å². The number of hydrogen-bond acceptors (Lipinski definition) is 2. The van der Waals surface area contributed by atoms with Gasteiger partial charge in [0.1, 0.15) is 11.4 Å². The number of carboxylic acids is 1. The van der Waals surface area contributed by atoms with Crippen LogP contribution in [-0.2, 0) is 11.2 Å². The molecule has 0 unspecified atom stereocenters. The van der Waals surface area contributed by atoms with E-state index in [9.17, 15) is 9.18 Å². The SMILES string of the molecule is CC(C)(NCCc1cc(Cl)ccc1F)C(=O)O. The van der Waals surface area contributed by atoms with Crippen LogP contribution >= 0.6 is 11.6 Å². The molecule has 0 radical (unpaired) electrons. The van der Waals surface area contributed by atoms with Gasteiger partial charge in [0.2, 0.25) is 0 Å². The summed E-state index contributed by atoms with van der Waals surface area (Å²) in [6, 6.07) is 4.33. The first-order chi connectivity index (χ1) is 7.83. The average molecular weight is 260 g/mol. The Morgan fingerprint density at radius 1 is 1.53 bits per heavy atom. The second kappa shape index (κ2) is 5.47. The third-order valence-electron chi connectivity index (χ3n) is 2.50. The first kappa shape index (κ1) is 13.9. The van der Waals surface area contributed by atoms with Crippen molar-refractivity contribution in [1.29, 1.82) is 0 Å². The molecule has 0 amide bonds. The van der Waals surface area contributed by atoms with Gasteiger partial charge in [-0.1, -0.05) is 11.6 Å². The molecule has 0 heterocycles. The van der Waals surface area contributed by atoms with Crippen LogP contribution in [0.25, 0.3) is 0 Å². The smallest absolute Gasteiger partial charge is 0.323 e. The molecule has 0 spiro atoms. The van der Waals surface area contributed by atoms with Gasteiger partial charge in [0, 0.05) is 11.6 Å². The highest BCUT2D eigenvalue weighted by molar-refractivity contribution is 6.30. The molecule has 0 aliphatic carbocycles. The van der Waals surface area contributed by atoms with Gasteiger partial charge in [-0.3, -0.25) is 4.79 Å². The lowest BCUT2D eigenvalue weighted by Crippen LogP contribution is -2.47. The van der Waals surface area contributed by atoms with Gasteiger partial charge in [-0.25, -0.2) is 4.39 Å². The molecule has 3 nitrogen and oxygen atoms in total. The van der Waals surface area contributed by atoms with E-state index in [1.807, 2.05) is 0 Å². The number of carboxylic acid groups (broad SMARTS) is 1. The van der Waals surface area contributed by atoms with E-state index >= 15 is 0 Å². The summed E-state index contributed by atoms with van der Waals surface area (Å²) in [6.07, 6.45) is 0.392. The summed E-state index contributed by atoms with van der Waals surface area (Å²) >= 11 is 5.75. The number of aliphatic carboxylic acids is 1. The second-order valence-corrected chi connectivity index (χ2v) is 4.78. The zero-order chi connectivity index (χ0) is 13.1. The minimum Gasteiger partial charge on any atom is -0.480 e. The molecule has 0 saturated carbocycles. The standard InChI is InChI=1S/C12H15ClFNO2/c1-12(2,11(16)17)15-6-5-8-7-9(13)3-4-10(8)14/h3-4,7,15H,5-6H2,1-2H3,(H,16,17). The summed E-state index contributed by atoms with van der Waals surface area (Å²) in [4.78, 5) is 10.8. The number of hydrogen-bond donors (Lipinski definition) is 2. The lowest BCUT2D eigenvalue weighted by Gasteiger charge is -2.21. The van der Waals surface area contributed by atoms with Crippen molar-refractivity contribution < 1.29 is 14.3 Å². The first-order valence-corrected chi connectivity index (χ1v) is 5.63. The molecular formula is C12H15ClFNO2. The number of benzene rings is 1. The van der Waals surface area contributed by atoms with Gasteiger partial charge in [-0.15, -0.1) is 0 Å². The van der Waals surface area contributed by atoms with Crippen molar-refractivity contribution in [2.75, 3.05) is 6.54 Å². The summed E-state index contributed by atoms with van der Waals surface area (Å²) in [7, 11) is 0. The molecule has 0 fully saturated rings. The van der Waals surface area contributed by atoms with Crippen molar-refractivity contribution in [2.45, 2.75) is 25.8 Å². The molecule has 0 aromatic heterocycles. The monoisotopic (exact) mass is 259 g/mol. The minimum atomic E-state index is -1.02. The van der Waals surface area contributed by atoms with Crippen LogP contribution < -0.4 is 5.32 Å². The molecule has 94 valence electrons. The van der Waals surface area contributed by atoms with Crippen LogP contribution in [0.1, 0.15) is 19.4 Å². The van der Waals surface area contributed by atoms with Gasteiger partial charge in [-0.05, 0) is 44.0 Å². The summed E-state index contributed by atoms with van der Waals surface area (Å²) in [5.74, 6) is -1.27. The van der Waals surface area contributed by atoms with Crippen LogP contribution in [0.2, 0.25) is 5.02 Å². The summed E-state index contributed by atoms with van der Waals surface area (Å²) in [5.41, 5.74) is -0.541. The Kier molecular flexibility index (Phi) is 4.48. The number of nitrogens with one attached hydrogen (secondary N) is 1. The van der Waals surface area contributed by atoms with Crippen molar-refractivity contribution in [2.24, 2.45) is 0 Å². The maximum absolute atomic E-state index is 13.3. The van der Waals surface area contributed by atoms with Crippen molar-refractivity contribution in [3.63, 3.8) is 0 Å². The zero-order valence-corrected chi connectivity index (χ0v) is 10.5. The maximum atomic E-state index is 13.3. The number of carbonyl (C=O) groups is 1. The molecule has 1 aromatic carbocycles. The fourth-order valence-electron chi connectivity index (χ4n) is 1.32. The van der Waals surface area contributed by atoms with Gasteiger partial charge in [0.25, 0.3) is 0 Å². The predicted molar refractivity (Wildman–Crippen MR) is 64.8 cm³/mol. The fraction of sp³-hybridized carbons (Fsp3) is 0.417. The second-order valence-electron chi connectivity index (χ2n) is 4.34. The van der Waals surface area contributed by atoms with Gasteiger partial charge >= 0.3 is 5.97 Å². The molecule has 5 heteroatoms.